The molecule has 0 aliphatic rings. The molecule has 0 spiro atoms. The maximum Gasteiger partial charge on any atom is 0.246 e. The van der Waals surface area contributed by atoms with E-state index in [2.05, 4.69) is 48.4 Å². The van der Waals surface area contributed by atoms with Crippen LogP contribution in [-0.4, -0.2) is 26.9 Å². The van der Waals surface area contributed by atoms with Crippen LogP contribution in [0, 0.1) is 33.5 Å². The Labute approximate surface area is 215 Å². The van der Waals surface area contributed by atoms with E-state index in [1.807, 2.05) is 52.0 Å². The summed E-state index contributed by atoms with van der Waals surface area (Å²) >= 11 is 0. The lowest BCUT2D eigenvalue weighted by molar-refractivity contribution is -0.116. The monoisotopic (exact) mass is 499 g/mol. The van der Waals surface area contributed by atoms with Gasteiger partial charge >= 0.3 is 0 Å². The van der Waals surface area contributed by atoms with Crippen molar-refractivity contribution >= 4 is 40.8 Å². The highest BCUT2D eigenvalue weighted by Gasteiger charge is 2.17. The van der Waals surface area contributed by atoms with Gasteiger partial charge in [0.2, 0.25) is 23.8 Å². The van der Waals surface area contributed by atoms with E-state index in [1.54, 1.807) is 19.1 Å². The SMILES string of the molecule is Cc1cc(C)cc(Nc2nc(Nc3cc(C)cc(C)c3)nc(NC(C)C(=O)Nc3ccccc3F)n2)c1. The third kappa shape index (κ3) is 7.00. The van der Waals surface area contributed by atoms with Gasteiger partial charge in [-0.2, -0.15) is 15.0 Å². The smallest absolute Gasteiger partial charge is 0.246 e. The Bertz CT molecular complexity index is 1330. The molecule has 1 aromatic heterocycles. The predicted octanol–water partition coefficient (Wildman–Crippen LogP) is 6.17. The van der Waals surface area contributed by atoms with Crippen LogP contribution in [-0.2, 0) is 4.79 Å². The molecule has 37 heavy (non-hydrogen) atoms. The molecular formula is C28H30FN7O. The number of rotatable bonds is 8. The fraction of sp³-hybridized carbons (Fsp3) is 0.214. The number of nitrogens with zero attached hydrogens (tertiary/aromatic N) is 3. The number of aromatic nitrogens is 3. The quantitative estimate of drug-likeness (QED) is 0.230. The van der Waals surface area contributed by atoms with Crippen LogP contribution < -0.4 is 21.3 Å². The largest absolute Gasteiger partial charge is 0.342 e. The Morgan fingerprint density at radius 1 is 0.730 bits per heavy atom. The van der Waals surface area contributed by atoms with Crippen molar-refractivity contribution in [3.63, 3.8) is 0 Å². The number of para-hydroxylation sites is 1. The number of amides is 1. The zero-order chi connectivity index (χ0) is 26.5. The Hall–Kier alpha value is -4.53. The summed E-state index contributed by atoms with van der Waals surface area (Å²) in [5.41, 5.74) is 6.16. The number of nitrogens with one attached hydrogen (secondary N) is 4. The molecule has 0 bridgehead atoms. The van der Waals surface area contributed by atoms with Gasteiger partial charge in [-0.3, -0.25) is 4.79 Å². The normalized spacial score (nSPS) is 11.5. The second kappa shape index (κ2) is 11.0. The third-order valence-electron chi connectivity index (χ3n) is 5.46. The van der Waals surface area contributed by atoms with Crippen LogP contribution in [0.4, 0.5) is 39.3 Å². The van der Waals surface area contributed by atoms with Crippen molar-refractivity contribution in [1.29, 1.82) is 0 Å². The molecule has 0 saturated carbocycles. The molecule has 1 unspecified atom stereocenters. The van der Waals surface area contributed by atoms with E-state index in [4.69, 9.17) is 0 Å². The zero-order valence-electron chi connectivity index (χ0n) is 21.5. The lowest BCUT2D eigenvalue weighted by atomic mass is 10.1. The molecule has 1 atom stereocenters. The van der Waals surface area contributed by atoms with Gasteiger partial charge in [0, 0.05) is 11.4 Å². The molecule has 0 aliphatic heterocycles. The molecule has 8 nitrogen and oxygen atoms in total. The van der Waals surface area contributed by atoms with Crippen LogP contribution in [0.1, 0.15) is 29.2 Å². The first-order chi connectivity index (χ1) is 17.6. The van der Waals surface area contributed by atoms with E-state index in [1.165, 1.54) is 12.1 Å². The van der Waals surface area contributed by atoms with Gasteiger partial charge in [0.05, 0.1) is 5.69 Å². The number of halogens is 1. The highest BCUT2D eigenvalue weighted by Crippen LogP contribution is 2.22. The minimum atomic E-state index is -0.759. The predicted molar refractivity (Wildman–Crippen MR) is 146 cm³/mol. The van der Waals surface area contributed by atoms with E-state index in [0.717, 1.165) is 33.6 Å². The highest BCUT2D eigenvalue weighted by molar-refractivity contribution is 5.96. The summed E-state index contributed by atoms with van der Waals surface area (Å²) in [5.74, 6) is -0.154. The van der Waals surface area contributed by atoms with Crippen LogP contribution in [0.5, 0.6) is 0 Å². The Morgan fingerprint density at radius 2 is 1.19 bits per heavy atom. The Morgan fingerprint density at radius 3 is 1.68 bits per heavy atom. The van der Waals surface area contributed by atoms with Crippen LogP contribution >= 0.6 is 0 Å². The summed E-state index contributed by atoms with van der Waals surface area (Å²) in [4.78, 5) is 26.2. The molecule has 4 rings (SSSR count). The van der Waals surface area contributed by atoms with Crippen LogP contribution in [0.15, 0.2) is 60.7 Å². The number of hydrogen-bond donors (Lipinski definition) is 4. The summed E-state index contributed by atoms with van der Waals surface area (Å²) in [5, 5.41) is 12.1. The van der Waals surface area contributed by atoms with Gasteiger partial charge in [0.1, 0.15) is 11.9 Å². The molecule has 0 fully saturated rings. The summed E-state index contributed by atoms with van der Waals surface area (Å²) in [6, 6.07) is 17.4. The molecule has 0 saturated heterocycles. The van der Waals surface area contributed by atoms with E-state index >= 15 is 0 Å². The number of benzene rings is 3. The van der Waals surface area contributed by atoms with Gasteiger partial charge in [0.15, 0.2) is 0 Å². The lowest BCUT2D eigenvalue weighted by Gasteiger charge is -2.16. The molecular weight excluding hydrogens is 469 g/mol. The molecule has 0 aliphatic carbocycles. The molecule has 9 heteroatoms. The van der Waals surface area contributed by atoms with Crippen LogP contribution in [0.3, 0.4) is 0 Å². The first kappa shape index (κ1) is 25.6. The summed E-state index contributed by atoms with van der Waals surface area (Å²) in [7, 11) is 0. The summed E-state index contributed by atoms with van der Waals surface area (Å²) < 4.78 is 14.0. The van der Waals surface area contributed by atoms with Crippen molar-refractivity contribution in [3.05, 3.63) is 88.7 Å². The van der Waals surface area contributed by atoms with Gasteiger partial charge in [-0.05, 0) is 93.3 Å². The molecule has 0 radical (unpaired) electrons. The average Bonchev–Trinajstić information content (AvgIpc) is 2.79. The van der Waals surface area contributed by atoms with Crippen LogP contribution in [0.25, 0.3) is 0 Å². The molecule has 1 heterocycles. The van der Waals surface area contributed by atoms with E-state index < -0.39 is 17.8 Å². The van der Waals surface area contributed by atoms with E-state index in [-0.39, 0.29) is 11.6 Å². The molecule has 190 valence electrons. The second-order valence-corrected chi connectivity index (χ2v) is 9.14. The minimum Gasteiger partial charge on any atom is -0.342 e. The third-order valence-corrected chi connectivity index (χ3v) is 5.46. The van der Waals surface area contributed by atoms with E-state index in [0.29, 0.717) is 11.9 Å². The maximum atomic E-state index is 14.0. The van der Waals surface area contributed by atoms with Crippen molar-refractivity contribution in [1.82, 2.24) is 15.0 Å². The summed E-state index contributed by atoms with van der Waals surface area (Å²) in [6.07, 6.45) is 0. The number of anilines is 6. The zero-order valence-corrected chi connectivity index (χ0v) is 21.5. The topological polar surface area (TPSA) is 104 Å². The van der Waals surface area contributed by atoms with Crippen LogP contribution in [0.2, 0.25) is 0 Å². The van der Waals surface area contributed by atoms with Gasteiger partial charge in [0.25, 0.3) is 0 Å². The standard InChI is InChI=1S/C28H30FN7O/c1-16-10-17(2)13-21(12-16)31-27-34-26(30-20(5)25(37)33-24-9-7-6-8-23(24)29)35-28(36-27)32-22-14-18(3)11-19(4)15-22/h6-15,20H,1-5H3,(H,33,37)(H3,30,31,32,34,35,36). The van der Waals surface area contributed by atoms with Crippen molar-refractivity contribution in [2.45, 2.75) is 40.7 Å². The molecule has 4 N–H and O–H groups in total. The lowest BCUT2D eigenvalue weighted by Crippen LogP contribution is -2.33. The number of carbonyl (C=O) groups excluding carboxylic acids is 1. The van der Waals surface area contributed by atoms with Gasteiger partial charge in [-0.25, -0.2) is 4.39 Å². The second-order valence-electron chi connectivity index (χ2n) is 9.14. The highest BCUT2D eigenvalue weighted by atomic mass is 19.1. The van der Waals surface area contributed by atoms with E-state index in [9.17, 15) is 9.18 Å². The maximum absolute atomic E-state index is 14.0. The van der Waals surface area contributed by atoms with Crippen molar-refractivity contribution in [3.8, 4) is 0 Å². The molecule has 3 aromatic carbocycles. The Balaban J connectivity index is 1.61. The fourth-order valence-corrected chi connectivity index (χ4v) is 3.97. The number of carbonyl (C=O) groups is 1. The minimum absolute atomic E-state index is 0.103. The molecule has 1 amide bonds. The first-order valence-electron chi connectivity index (χ1n) is 11.9. The van der Waals surface area contributed by atoms with Crippen molar-refractivity contribution in [2.24, 2.45) is 0 Å². The first-order valence-corrected chi connectivity index (χ1v) is 11.9. The Kier molecular flexibility index (Phi) is 7.62. The van der Waals surface area contributed by atoms with Gasteiger partial charge in [-0.15, -0.1) is 0 Å². The number of hydrogen-bond acceptors (Lipinski definition) is 7. The van der Waals surface area contributed by atoms with Gasteiger partial charge in [-0.1, -0.05) is 24.3 Å². The average molecular weight is 500 g/mol. The van der Waals surface area contributed by atoms with Crippen molar-refractivity contribution in [2.75, 3.05) is 21.3 Å². The fourth-order valence-electron chi connectivity index (χ4n) is 3.97. The van der Waals surface area contributed by atoms with Gasteiger partial charge < -0.3 is 21.3 Å². The number of aryl methyl sites for hydroxylation is 4. The van der Waals surface area contributed by atoms with Crippen molar-refractivity contribution < 1.29 is 9.18 Å². The molecule has 4 aromatic rings. The summed E-state index contributed by atoms with van der Waals surface area (Å²) in [6.45, 7) is 9.71.